The van der Waals surface area contributed by atoms with E-state index in [4.69, 9.17) is 0 Å². The highest BCUT2D eigenvalue weighted by atomic mass is 16.3. The van der Waals surface area contributed by atoms with Crippen LogP contribution in [0.4, 0.5) is 0 Å². The Labute approximate surface area is 161 Å². The van der Waals surface area contributed by atoms with E-state index in [2.05, 4.69) is 16.8 Å². The molecule has 1 saturated heterocycles. The summed E-state index contributed by atoms with van der Waals surface area (Å²) in [7, 11) is 0. The summed E-state index contributed by atoms with van der Waals surface area (Å²) in [4.78, 5) is 14.1. The minimum absolute atomic E-state index is 0.0229. The number of hydrogen-bond donors (Lipinski definition) is 2. The van der Waals surface area contributed by atoms with Gasteiger partial charge in [0.25, 0.3) is 0 Å². The second-order valence-corrected chi connectivity index (χ2v) is 7.14. The van der Waals surface area contributed by atoms with Gasteiger partial charge in [-0.1, -0.05) is 66.7 Å². The highest BCUT2D eigenvalue weighted by Crippen LogP contribution is 2.41. The predicted molar refractivity (Wildman–Crippen MR) is 108 cm³/mol. The number of carbonyl (C=O) groups excluding carboxylic acids is 1. The quantitative estimate of drug-likeness (QED) is 0.743. The molecule has 2 aromatic rings. The van der Waals surface area contributed by atoms with Crippen LogP contribution >= 0.6 is 0 Å². The lowest BCUT2D eigenvalue weighted by atomic mass is 9.72. The number of nitrogens with zero attached hydrogens (tertiary/aromatic N) is 1. The van der Waals surface area contributed by atoms with E-state index in [9.17, 15) is 9.90 Å². The highest BCUT2D eigenvalue weighted by Gasteiger charge is 2.41. The van der Waals surface area contributed by atoms with E-state index >= 15 is 0 Å². The molecule has 0 aliphatic carbocycles. The molecule has 1 fully saturated rings. The standard InChI is InChI=1S/C23H28N2O2/c1-2-15-24-22(26)18-25-16-13-21(14-17-25)23(27,19-9-5-3-6-10-19)20-11-7-4-8-12-20/h2-12,21,27H,1,13-18H2,(H,24,26). The average molecular weight is 364 g/mol. The maximum absolute atomic E-state index is 11.9. The van der Waals surface area contributed by atoms with Gasteiger partial charge in [0.05, 0.1) is 6.54 Å². The molecule has 3 rings (SSSR count). The van der Waals surface area contributed by atoms with E-state index < -0.39 is 5.60 Å². The summed E-state index contributed by atoms with van der Waals surface area (Å²) in [5.41, 5.74) is 0.844. The lowest BCUT2D eigenvalue weighted by Crippen LogP contribution is -2.46. The van der Waals surface area contributed by atoms with Crippen molar-refractivity contribution in [3.8, 4) is 0 Å². The van der Waals surface area contributed by atoms with Gasteiger partial charge in [0, 0.05) is 6.54 Å². The lowest BCUT2D eigenvalue weighted by molar-refractivity contribution is -0.122. The van der Waals surface area contributed by atoms with Gasteiger partial charge in [-0.15, -0.1) is 6.58 Å². The molecular formula is C23H28N2O2. The van der Waals surface area contributed by atoms with E-state index in [1.165, 1.54) is 0 Å². The Morgan fingerprint density at radius 1 is 1.07 bits per heavy atom. The highest BCUT2D eigenvalue weighted by molar-refractivity contribution is 5.78. The third kappa shape index (κ3) is 4.46. The van der Waals surface area contributed by atoms with Crippen LogP contribution in [0.3, 0.4) is 0 Å². The molecule has 2 N–H and O–H groups in total. The molecule has 142 valence electrons. The SMILES string of the molecule is C=CCNC(=O)CN1CCC(C(O)(c2ccccc2)c2ccccc2)CC1. The molecular weight excluding hydrogens is 336 g/mol. The molecule has 4 heteroatoms. The van der Waals surface area contributed by atoms with E-state index in [-0.39, 0.29) is 11.8 Å². The van der Waals surface area contributed by atoms with Crippen LogP contribution in [0.15, 0.2) is 73.3 Å². The third-order valence-electron chi connectivity index (χ3n) is 5.42. The Balaban J connectivity index is 1.74. The number of benzene rings is 2. The summed E-state index contributed by atoms with van der Waals surface area (Å²) < 4.78 is 0. The van der Waals surface area contributed by atoms with Crippen molar-refractivity contribution in [3.05, 3.63) is 84.4 Å². The molecule has 1 heterocycles. The second kappa shape index (κ2) is 8.98. The monoisotopic (exact) mass is 364 g/mol. The number of hydrogen-bond acceptors (Lipinski definition) is 3. The Kier molecular flexibility index (Phi) is 6.43. The molecule has 0 atom stereocenters. The van der Waals surface area contributed by atoms with Gasteiger partial charge in [-0.05, 0) is 43.0 Å². The first-order chi connectivity index (χ1) is 13.1. The summed E-state index contributed by atoms with van der Waals surface area (Å²) in [5, 5.41) is 14.7. The van der Waals surface area contributed by atoms with E-state index in [0.29, 0.717) is 13.1 Å². The fourth-order valence-electron chi connectivity index (χ4n) is 3.98. The van der Waals surface area contributed by atoms with Crippen LogP contribution in [0.5, 0.6) is 0 Å². The number of likely N-dealkylation sites (tertiary alicyclic amines) is 1. The van der Waals surface area contributed by atoms with Crippen LogP contribution in [0.25, 0.3) is 0 Å². The number of rotatable bonds is 7. The minimum atomic E-state index is -1.01. The number of amides is 1. The molecule has 4 nitrogen and oxygen atoms in total. The fourth-order valence-corrected chi connectivity index (χ4v) is 3.98. The van der Waals surface area contributed by atoms with Crippen LogP contribution in [-0.2, 0) is 10.4 Å². The van der Waals surface area contributed by atoms with Gasteiger partial charge in [-0.3, -0.25) is 9.69 Å². The van der Waals surface area contributed by atoms with E-state index in [1.54, 1.807) is 6.08 Å². The van der Waals surface area contributed by atoms with Crippen LogP contribution in [0, 0.1) is 5.92 Å². The van der Waals surface area contributed by atoms with Gasteiger partial charge in [0.1, 0.15) is 5.60 Å². The van der Waals surface area contributed by atoms with Crippen molar-refractivity contribution in [2.24, 2.45) is 5.92 Å². The zero-order chi connectivity index (χ0) is 19.1. The Bertz CT molecular complexity index is 698. The van der Waals surface area contributed by atoms with Gasteiger partial charge in [-0.25, -0.2) is 0 Å². The lowest BCUT2D eigenvalue weighted by Gasteiger charge is -2.42. The second-order valence-electron chi connectivity index (χ2n) is 7.14. The predicted octanol–water partition coefficient (Wildman–Crippen LogP) is 2.94. The van der Waals surface area contributed by atoms with E-state index in [1.807, 2.05) is 60.7 Å². The largest absolute Gasteiger partial charge is 0.380 e. The van der Waals surface area contributed by atoms with Crippen LogP contribution < -0.4 is 5.32 Å². The molecule has 0 bridgehead atoms. The molecule has 0 saturated carbocycles. The molecule has 0 aromatic heterocycles. The first-order valence-corrected chi connectivity index (χ1v) is 9.58. The van der Waals surface area contributed by atoms with Crippen molar-refractivity contribution in [2.45, 2.75) is 18.4 Å². The molecule has 0 spiro atoms. The van der Waals surface area contributed by atoms with Crippen molar-refractivity contribution in [2.75, 3.05) is 26.2 Å². The third-order valence-corrected chi connectivity index (χ3v) is 5.42. The van der Waals surface area contributed by atoms with Gasteiger partial charge in [-0.2, -0.15) is 0 Å². The fraction of sp³-hybridized carbons (Fsp3) is 0.348. The minimum Gasteiger partial charge on any atom is -0.380 e. The maximum atomic E-state index is 11.9. The van der Waals surface area contributed by atoms with Gasteiger partial charge in [0.2, 0.25) is 5.91 Å². The summed E-state index contributed by atoms with van der Waals surface area (Å²) in [6.45, 7) is 6.11. The van der Waals surface area contributed by atoms with Crippen molar-refractivity contribution >= 4 is 5.91 Å². The summed E-state index contributed by atoms with van der Waals surface area (Å²) in [6.07, 6.45) is 3.37. The average Bonchev–Trinajstić information content (AvgIpc) is 2.73. The summed E-state index contributed by atoms with van der Waals surface area (Å²) in [6, 6.07) is 19.8. The van der Waals surface area contributed by atoms with Crippen LogP contribution in [-0.4, -0.2) is 42.1 Å². The Hall–Kier alpha value is -2.43. The van der Waals surface area contributed by atoms with Gasteiger partial charge < -0.3 is 10.4 Å². The zero-order valence-electron chi connectivity index (χ0n) is 15.7. The topological polar surface area (TPSA) is 52.6 Å². The Morgan fingerprint density at radius 3 is 2.07 bits per heavy atom. The number of aliphatic hydroxyl groups is 1. The van der Waals surface area contributed by atoms with Gasteiger partial charge >= 0.3 is 0 Å². The normalized spacial score (nSPS) is 16.0. The Morgan fingerprint density at radius 2 is 1.59 bits per heavy atom. The van der Waals surface area contributed by atoms with Crippen molar-refractivity contribution in [1.82, 2.24) is 10.2 Å². The molecule has 2 aromatic carbocycles. The van der Waals surface area contributed by atoms with Crippen molar-refractivity contribution in [3.63, 3.8) is 0 Å². The molecule has 1 amide bonds. The first-order valence-electron chi connectivity index (χ1n) is 9.58. The van der Waals surface area contributed by atoms with Crippen LogP contribution in [0.1, 0.15) is 24.0 Å². The first kappa shape index (κ1) is 19.3. The number of carbonyl (C=O) groups is 1. The van der Waals surface area contributed by atoms with Gasteiger partial charge in [0.15, 0.2) is 0 Å². The number of nitrogens with one attached hydrogen (secondary N) is 1. The summed E-state index contributed by atoms with van der Waals surface area (Å²) >= 11 is 0. The van der Waals surface area contributed by atoms with Crippen molar-refractivity contribution < 1.29 is 9.90 Å². The number of piperidine rings is 1. The van der Waals surface area contributed by atoms with E-state index in [0.717, 1.165) is 37.1 Å². The smallest absolute Gasteiger partial charge is 0.234 e. The molecule has 1 aliphatic rings. The maximum Gasteiger partial charge on any atom is 0.234 e. The zero-order valence-corrected chi connectivity index (χ0v) is 15.7. The molecule has 0 unspecified atom stereocenters. The van der Waals surface area contributed by atoms with Crippen molar-refractivity contribution in [1.29, 1.82) is 0 Å². The molecule has 1 aliphatic heterocycles. The van der Waals surface area contributed by atoms with Crippen LogP contribution in [0.2, 0.25) is 0 Å². The summed E-state index contributed by atoms with van der Waals surface area (Å²) in [5.74, 6) is 0.129. The molecule has 0 radical (unpaired) electrons. The molecule has 27 heavy (non-hydrogen) atoms.